The van der Waals surface area contributed by atoms with Gasteiger partial charge in [0.25, 0.3) is 11.8 Å². The summed E-state index contributed by atoms with van der Waals surface area (Å²) in [7, 11) is 1.54. The average Bonchev–Trinajstić information content (AvgIpc) is 2.62. The molecule has 0 aliphatic rings. The van der Waals surface area contributed by atoms with E-state index in [1.54, 1.807) is 18.2 Å². The van der Waals surface area contributed by atoms with E-state index in [2.05, 4.69) is 22.5 Å². The molecule has 1 heterocycles. The van der Waals surface area contributed by atoms with Crippen LogP contribution < -0.4 is 15.4 Å². The maximum Gasteiger partial charge on any atom is 0.257 e. The van der Waals surface area contributed by atoms with Crippen molar-refractivity contribution in [2.24, 2.45) is 0 Å². The zero-order valence-corrected chi connectivity index (χ0v) is 13.8. The quantitative estimate of drug-likeness (QED) is 0.766. The van der Waals surface area contributed by atoms with E-state index in [1.165, 1.54) is 25.6 Å². The van der Waals surface area contributed by atoms with Crippen LogP contribution in [-0.4, -0.2) is 30.5 Å². The minimum Gasteiger partial charge on any atom is -0.495 e. The lowest BCUT2D eigenvalue weighted by Crippen LogP contribution is -2.25. The van der Waals surface area contributed by atoms with E-state index in [0.29, 0.717) is 29.1 Å². The van der Waals surface area contributed by atoms with E-state index in [4.69, 9.17) is 4.74 Å². The van der Waals surface area contributed by atoms with E-state index in [9.17, 15) is 9.59 Å². The van der Waals surface area contributed by atoms with Crippen LogP contribution >= 0.6 is 0 Å². The van der Waals surface area contributed by atoms with Crippen LogP contribution in [0.2, 0.25) is 0 Å². The molecule has 1 aromatic heterocycles. The summed E-state index contributed by atoms with van der Waals surface area (Å²) in [6.07, 6.45) is 4.78. The molecule has 2 amide bonds. The van der Waals surface area contributed by atoms with Gasteiger partial charge in [0, 0.05) is 18.9 Å². The maximum atomic E-state index is 12.4. The van der Waals surface area contributed by atoms with Crippen LogP contribution in [-0.2, 0) is 0 Å². The van der Waals surface area contributed by atoms with Gasteiger partial charge in [-0.2, -0.15) is 0 Å². The van der Waals surface area contributed by atoms with Gasteiger partial charge < -0.3 is 15.4 Å². The summed E-state index contributed by atoms with van der Waals surface area (Å²) < 4.78 is 5.20. The number of anilines is 1. The smallest absolute Gasteiger partial charge is 0.257 e. The molecule has 0 bridgehead atoms. The van der Waals surface area contributed by atoms with Gasteiger partial charge in [-0.05, 0) is 24.6 Å². The Morgan fingerprint density at radius 2 is 1.83 bits per heavy atom. The van der Waals surface area contributed by atoms with Gasteiger partial charge in [0.15, 0.2) is 0 Å². The number of hydrogen-bond donors (Lipinski definition) is 2. The Hall–Kier alpha value is -2.89. The van der Waals surface area contributed by atoms with Crippen LogP contribution in [0.25, 0.3) is 0 Å². The highest BCUT2D eigenvalue weighted by molar-refractivity contribution is 6.06. The molecule has 126 valence electrons. The molecule has 2 aromatic rings. The predicted octanol–water partition coefficient (Wildman–Crippen LogP) is 2.87. The third-order valence-electron chi connectivity index (χ3n) is 3.43. The Labute approximate surface area is 141 Å². The van der Waals surface area contributed by atoms with Crippen molar-refractivity contribution in [2.45, 2.75) is 19.8 Å². The second kappa shape index (κ2) is 8.67. The first-order chi connectivity index (χ1) is 11.7. The summed E-state index contributed by atoms with van der Waals surface area (Å²) in [6.45, 7) is 2.66. The standard InChI is InChI=1S/C18H21N3O3/c1-3-4-9-20-17(22)13-10-14(12-19-11-13)18(23)21-15-7-5-6-8-16(15)24-2/h5-8,10-12H,3-4,9H2,1-2H3,(H,20,22)(H,21,23). The summed E-state index contributed by atoms with van der Waals surface area (Å²) in [4.78, 5) is 28.4. The summed E-state index contributed by atoms with van der Waals surface area (Å²) in [5, 5.41) is 5.56. The van der Waals surface area contributed by atoms with E-state index < -0.39 is 0 Å². The number of nitrogens with zero attached hydrogens (tertiary/aromatic N) is 1. The van der Waals surface area contributed by atoms with Crippen LogP contribution in [0.4, 0.5) is 5.69 Å². The van der Waals surface area contributed by atoms with Gasteiger partial charge >= 0.3 is 0 Å². The van der Waals surface area contributed by atoms with Crippen LogP contribution in [0.5, 0.6) is 5.75 Å². The molecule has 24 heavy (non-hydrogen) atoms. The highest BCUT2D eigenvalue weighted by Gasteiger charge is 2.13. The van der Waals surface area contributed by atoms with Crippen molar-refractivity contribution in [3.63, 3.8) is 0 Å². The van der Waals surface area contributed by atoms with Gasteiger partial charge in [-0.3, -0.25) is 14.6 Å². The number of ether oxygens (including phenoxy) is 1. The summed E-state index contributed by atoms with van der Waals surface area (Å²) in [5.41, 5.74) is 1.23. The average molecular weight is 327 g/mol. The Bertz CT molecular complexity index is 716. The lowest BCUT2D eigenvalue weighted by Gasteiger charge is -2.10. The zero-order valence-electron chi connectivity index (χ0n) is 13.8. The second-order valence-electron chi connectivity index (χ2n) is 5.23. The van der Waals surface area contributed by atoms with E-state index in [1.807, 2.05) is 6.07 Å². The maximum absolute atomic E-state index is 12.4. The van der Waals surface area contributed by atoms with E-state index in [0.717, 1.165) is 12.8 Å². The number of pyridine rings is 1. The van der Waals surface area contributed by atoms with Crippen molar-refractivity contribution in [3.8, 4) is 5.75 Å². The van der Waals surface area contributed by atoms with Gasteiger partial charge in [-0.1, -0.05) is 25.5 Å². The number of carbonyl (C=O) groups is 2. The second-order valence-corrected chi connectivity index (χ2v) is 5.23. The van der Waals surface area contributed by atoms with Gasteiger partial charge in [-0.15, -0.1) is 0 Å². The molecule has 2 rings (SSSR count). The molecular formula is C18H21N3O3. The molecule has 0 aliphatic heterocycles. The predicted molar refractivity (Wildman–Crippen MR) is 92.4 cm³/mol. The fraction of sp³-hybridized carbons (Fsp3) is 0.278. The lowest BCUT2D eigenvalue weighted by molar-refractivity contribution is 0.0953. The molecule has 0 saturated heterocycles. The van der Waals surface area contributed by atoms with Gasteiger partial charge in [-0.25, -0.2) is 0 Å². The SMILES string of the molecule is CCCCNC(=O)c1cncc(C(=O)Nc2ccccc2OC)c1. The summed E-state index contributed by atoms with van der Waals surface area (Å²) in [6, 6.07) is 8.64. The van der Waals surface area contributed by atoms with Crippen molar-refractivity contribution in [2.75, 3.05) is 19.0 Å². The molecular weight excluding hydrogens is 306 g/mol. The largest absolute Gasteiger partial charge is 0.495 e. The summed E-state index contributed by atoms with van der Waals surface area (Å²) >= 11 is 0. The van der Waals surface area contributed by atoms with Gasteiger partial charge in [0.2, 0.25) is 0 Å². The molecule has 0 atom stereocenters. The molecule has 2 N–H and O–H groups in total. The normalized spacial score (nSPS) is 10.1. The molecule has 6 heteroatoms. The molecule has 0 unspecified atom stereocenters. The Morgan fingerprint density at radius 1 is 1.12 bits per heavy atom. The number of nitrogens with one attached hydrogen (secondary N) is 2. The number of amides is 2. The first-order valence-corrected chi connectivity index (χ1v) is 7.83. The Kier molecular flexibility index (Phi) is 6.31. The first kappa shape index (κ1) is 17.5. The van der Waals surface area contributed by atoms with E-state index in [-0.39, 0.29) is 11.8 Å². The fourth-order valence-corrected chi connectivity index (χ4v) is 2.11. The zero-order chi connectivity index (χ0) is 17.4. The Balaban J connectivity index is 2.10. The monoisotopic (exact) mass is 327 g/mol. The molecule has 0 saturated carbocycles. The van der Waals surface area contributed by atoms with Gasteiger partial charge in [0.05, 0.1) is 23.9 Å². The van der Waals surface area contributed by atoms with Crippen molar-refractivity contribution >= 4 is 17.5 Å². The molecule has 0 radical (unpaired) electrons. The number of hydrogen-bond acceptors (Lipinski definition) is 4. The van der Waals surface area contributed by atoms with Crippen molar-refractivity contribution in [1.82, 2.24) is 10.3 Å². The van der Waals surface area contributed by atoms with Crippen molar-refractivity contribution < 1.29 is 14.3 Å². The third-order valence-corrected chi connectivity index (χ3v) is 3.43. The van der Waals surface area contributed by atoms with E-state index >= 15 is 0 Å². The van der Waals surface area contributed by atoms with Crippen molar-refractivity contribution in [1.29, 1.82) is 0 Å². The van der Waals surface area contributed by atoms with Crippen molar-refractivity contribution in [3.05, 3.63) is 53.9 Å². The number of aromatic nitrogens is 1. The topological polar surface area (TPSA) is 80.3 Å². The number of benzene rings is 1. The fourth-order valence-electron chi connectivity index (χ4n) is 2.11. The van der Waals surface area contributed by atoms with Gasteiger partial charge in [0.1, 0.15) is 5.75 Å². The first-order valence-electron chi connectivity index (χ1n) is 7.83. The number of para-hydroxylation sites is 2. The van der Waals surface area contributed by atoms with Crippen LogP contribution in [0.15, 0.2) is 42.7 Å². The minimum absolute atomic E-state index is 0.233. The minimum atomic E-state index is -0.352. The molecule has 0 fully saturated rings. The molecule has 6 nitrogen and oxygen atoms in total. The van der Waals surface area contributed by atoms with Crippen LogP contribution in [0, 0.1) is 0 Å². The van der Waals surface area contributed by atoms with Crippen LogP contribution in [0.3, 0.4) is 0 Å². The number of rotatable bonds is 7. The molecule has 0 aliphatic carbocycles. The highest BCUT2D eigenvalue weighted by atomic mass is 16.5. The molecule has 1 aromatic carbocycles. The highest BCUT2D eigenvalue weighted by Crippen LogP contribution is 2.23. The third kappa shape index (κ3) is 4.55. The number of unbranched alkanes of at least 4 members (excludes halogenated alkanes) is 1. The summed E-state index contributed by atoms with van der Waals surface area (Å²) in [5.74, 6) is -0.0228. The Morgan fingerprint density at radius 3 is 2.54 bits per heavy atom. The number of methoxy groups -OCH3 is 1. The lowest BCUT2D eigenvalue weighted by atomic mass is 10.1. The number of carbonyl (C=O) groups excluding carboxylic acids is 2. The molecule has 0 spiro atoms. The van der Waals surface area contributed by atoms with Crippen LogP contribution in [0.1, 0.15) is 40.5 Å².